The molecule has 2 bridgehead atoms. The van der Waals surface area contributed by atoms with Gasteiger partial charge in [0.25, 0.3) is 0 Å². The molecule has 1 unspecified atom stereocenters. The average Bonchev–Trinajstić information content (AvgIpc) is 3.27. The second-order valence-electron chi connectivity index (χ2n) is 7.70. The lowest BCUT2D eigenvalue weighted by atomic mass is 9.50. The first-order chi connectivity index (χ1) is 11.2. The van der Waals surface area contributed by atoms with E-state index in [1.54, 1.807) is 13.0 Å². The standard InChI is InChI=1S/C17H22O7/c1-8-4-11-16(6-22-9(2)18,13(21)12(8)20)15(3)5-10(19)14(24-11)17(15)7-23-17/h4,10-11,13-14,19,21H,5-7H2,1-3H3/t10-,11+,13-,14+,15+,16+,17?/m0/s1. The van der Waals surface area contributed by atoms with Crippen LogP contribution in [0.5, 0.6) is 0 Å². The van der Waals surface area contributed by atoms with Crippen LogP contribution in [0.25, 0.3) is 0 Å². The third-order valence-corrected chi connectivity index (χ3v) is 6.68. The van der Waals surface area contributed by atoms with Crippen LogP contribution in [0.3, 0.4) is 0 Å². The smallest absolute Gasteiger partial charge is 0.302 e. The third-order valence-electron chi connectivity index (χ3n) is 6.68. The minimum atomic E-state index is -1.39. The van der Waals surface area contributed by atoms with Crippen molar-refractivity contribution in [3.8, 4) is 0 Å². The van der Waals surface area contributed by atoms with E-state index in [-0.39, 0.29) is 6.61 Å². The molecule has 24 heavy (non-hydrogen) atoms. The van der Waals surface area contributed by atoms with E-state index in [1.165, 1.54) is 6.92 Å². The van der Waals surface area contributed by atoms with Crippen LogP contribution in [-0.4, -0.2) is 65.2 Å². The second kappa shape index (κ2) is 4.66. The largest absolute Gasteiger partial charge is 0.465 e. The summed E-state index contributed by atoms with van der Waals surface area (Å²) < 4.78 is 17.1. The Morgan fingerprint density at radius 2 is 2.12 bits per heavy atom. The van der Waals surface area contributed by atoms with Gasteiger partial charge < -0.3 is 24.4 Å². The molecule has 1 saturated carbocycles. The lowest BCUT2D eigenvalue weighted by Crippen LogP contribution is -2.70. The Morgan fingerprint density at radius 3 is 2.71 bits per heavy atom. The van der Waals surface area contributed by atoms with Crippen molar-refractivity contribution in [1.82, 2.24) is 0 Å². The van der Waals surface area contributed by atoms with Crippen molar-refractivity contribution < 1.29 is 34.0 Å². The number of carbonyl (C=O) groups is 2. The minimum Gasteiger partial charge on any atom is -0.465 e. The molecule has 2 heterocycles. The van der Waals surface area contributed by atoms with E-state index in [4.69, 9.17) is 14.2 Å². The van der Waals surface area contributed by atoms with Crippen LogP contribution in [0.1, 0.15) is 27.2 Å². The Balaban J connectivity index is 1.89. The maximum atomic E-state index is 12.5. The fourth-order valence-corrected chi connectivity index (χ4v) is 5.21. The molecule has 0 radical (unpaired) electrons. The number of ketones is 1. The molecule has 132 valence electrons. The Labute approximate surface area is 139 Å². The average molecular weight is 338 g/mol. The number of carbonyl (C=O) groups excluding carboxylic acids is 2. The van der Waals surface area contributed by atoms with Gasteiger partial charge in [-0.05, 0) is 25.0 Å². The van der Waals surface area contributed by atoms with Crippen molar-refractivity contribution in [3.05, 3.63) is 11.6 Å². The summed E-state index contributed by atoms with van der Waals surface area (Å²) in [7, 11) is 0. The van der Waals surface area contributed by atoms with Crippen molar-refractivity contribution in [1.29, 1.82) is 0 Å². The van der Waals surface area contributed by atoms with Crippen molar-refractivity contribution in [2.45, 2.75) is 57.2 Å². The highest BCUT2D eigenvalue weighted by Gasteiger charge is 2.83. The quantitative estimate of drug-likeness (QED) is 0.527. The molecular formula is C17H22O7. The van der Waals surface area contributed by atoms with E-state index in [2.05, 4.69) is 0 Å². The van der Waals surface area contributed by atoms with Crippen molar-refractivity contribution in [3.63, 3.8) is 0 Å². The number of aliphatic hydroxyl groups is 2. The summed E-state index contributed by atoms with van der Waals surface area (Å²) in [6.45, 7) is 5.04. The molecule has 0 aromatic heterocycles. The molecule has 0 amide bonds. The van der Waals surface area contributed by atoms with Crippen LogP contribution >= 0.6 is 0 Å². The number of ether oxygens (including phenoxy) is 3. The maximum Gasteiger partial charge on any atom is 0.302 e. The van der Waals surface area contributed by atoms with Crippen LogP contribution < -0.4 is 0 Å². The molecule has 3 fully saturated rings. The number of aliphatic hydroxyl groups excluding tert-OH is 2. The van der Waals surface area contributed by atoms with Crippen LogP contribution in [0.15, 0.2) is 11.6 Å². The van der Waals surface area contributed by atoms with Gasteiger partial charge in [-0.3, -0.25) is 9.59 Å². The summed E-state index contributed by atoms with van der Waals surface area (Å²) in [6, 6.07) is 0. The van der Waals surface area contributed by atoms with E-state index >= 15 is 0 Å². The number of fused-ring (bicyclic) bond motifs is 2. The topological polar surface area (TPSA) is 106 Å². The zero-order valence-corrected chi connectivity index (χ0v) is 13.9. The van der Waals surface area contributed by atoms with E-state index in [1.807, 2.05) is 6.92 Å². The third kappa shape index (κ3) is 1.61. The summed E-state index contributed by atoms with van der Waals surface area (Å²) in [5.74, 6) is -0.900. The fraction of sp³-hybridized carbons (Fsp3) is 0.765. The molecule has 2 N–H and O–H groups in total. The van der Waals surface area contributed by atoms with Crippen molar-refractivity contribution >= 4 is 11.8 Å². The monoisotopic (exact) mass is 338 g/mol. The Morgan fingerprint density at radius 1 is 1.46 bits per heavy atom. The minimum absolute atomic E-state index is 0.162. The lowest BCUT2D eigenvalue weighted by Gasteiger charge is -2.58. The van der Waals surface area contributed by atoms with Gasteiger partial charge in [0.05, 0.1) is 24.2 Å². The molecule has 4 rings (SSSR count). The maximum absolute atomic E-state index is 12.5. The summed E-state index contributed by atoms with van der Waals surface area (Å²) in [5.41, 5.74) is -2.27. The van der Waals surface area contributed by atoms with E-state index in [0.717, 1.165) is 0 Å². The van der Waals surface area contributed by atoms with Gasteiger partial charge in [-0.2, -0.15) is 0 Å². The molecule has 2 saturated heterocycles. The molecular weight excluding hydrogens is 316 g/mol. The van der Waals surface area contributed by atoms with Gasteiger partial charge in [0.2, 0.25) is 0 Å². The predicted molar refractivity (Wildman–Crippen MR) is 79.9 cm³/mol. The van der Waals surface area contributed by atoms with Gasteiger partial charge in [-0.1, -0.05) is 6.92 Å². The normalized spacial score (nSPS) is 52.0. The number of epoxide rings is 1. The number of rotatable bonds is 2. The zero-order chi connectivity index (χ0) is 17.5. The molecule has 4 aliphatic rings. The number of esters is 1. The van der Waals surface area contributed by atoms with Crippen LogP contribution in [-0.2, 0) is 23.8 Å². The van der Waals surface area contributed by atoms with Gasteiger partial charge >= 0.3 is 5.97 Å². The summed E-state index contributed by atoms with van der Waals surface area (Å²) in [5, 5.41) is 21.4. The molecule has 0 aromatic carbocycles. The highest BCUT2D eigenvalue weighted by atomic mass is 16.6. The van der Waals surface area contributed by atoms with Crippen molar-refractivity contribution in [2.75, 3.05) is 13.2 Å². The Kier molecular flexibility index (Phi) is 3.15. The van der Waals surface area contributed by atoms with Gasteiger partial charge in [-0.15, -0.1) is 0 Å². The molecule has 1 spiro atoms. The first-order valence-electron chi connectivity index (χ1n) is 8.21. The first kappa shape index (κ1) is 16.2. The van der Waals surface area contributed by atoms with Crippen molar-refractivity contribution in [2.24, 2.45) is 10.8 Å². The molecule has 7 nitrogen and oxygen atoms in total. The van der Waals surface area contributed by atoms with E-state index < -0.39 is 52.6 Å². The summed E-state index contributed by atoms with van der Waals surface area (Å²) in [4.78, 5) is 24.0. The highest BCUT2D eigenvalue weighted by Crippen LogP contribution is 2.71. The molecule has 7 atom stereocenters. The summed E-state index contributed by atoms with van der Waals surface area (Å²) >= 11 is 0. The number of hydrogen-bond acceptors (Lipinski definition) is 7. The van der Waals surface area contributed by atoms with Crippen LogP contribution in [0, 0.1) is 10.8 Å². The van der Waals surface area contributed by atoms with Gasteiger partial charge in [0, 0.05) is 12.3 Å². The van der Waals surface area contributed by atoms with Gasteiger partial charge in [-0.25, -0.2) is 0 Å². The van der Waals surface area contributed by atoms with Crippen LogP contribution in [0.2, 0.25) is 0 Å². The number of hydrogen-bond donors (Lipinski definition) is 2. The molecule has 7 heteroatoms. The lowest BCUT2D eigenvalue weighted by molar-refractivity contribution is -0.247. The Hall–Kier alpha value is -1.28. The highest BCUT2D eigenvalue weighted by molar-refractivity contribution is 6.00. The van der Waals surface area contributed by atoms with E-state index in [9.17, 15) is 19.8 Å². The van der Waals surface area contributed by atoms with E-state index in [0.29, 0.717) is 18.6 Å². The van der Waals surface area contributed by atoms with Crippen LogP contribution in [0.4, 0.5) is 0 Å². The zero-order valence-electron chi connectivity index (χ0n) is 13.9. The predicted octanol–water partition coefficient (Wildman–Crippen LogP) is -0.267. The molecule has 0 aromatic rings. The first-order valence-corrected chi connectivity index (χ1v) is 8.21. The molecule has 2 aliphatic heterocycles. The Bertz CT molecular complexity index is 651. The van der Waals surface area contributed by atoms with Gasteiger partial charge in [0.15, 0.2) is 5.78 Å². The SMILES string of the molecule is CC(=O)OC[C@@]12[C@@H](C=C(C)C(=O)[C@@H]1O)O[C@@H]1[C@@H](O)C[C@@]2(C)C12CO2. The second-order valence-corrected chi connectivity index (χ2v) is 7.70. The van der Waals surface area contributed by atoms with Gasteiger partial charge in [0.1, 0.15) is 24.4 Å². The number of Topliss-reactive ketones (excluding diaryl/α,β-unsaturated/α-hetero) is 1. The summed E-state index contributed by atoms with van der Waals surface area (Å²) in [6.07, 6.45) is -1.30. The molecule has 2 aliphatic carbocycles. The fourth-order valence-electron chi connectivity index (χ4n) is 5.21.